The number of ether oxygens (including phenoxy) is 1. The van der Waals surface area contributed by atoms with E-state index in [0.29, 0.717) is 0 Å². The van der Waals surface area contributed by atoms with Crippen molar-refractivity contribution in [3.8, 4) is 0 Å². The SMILES string of the molecule is COC(=O)[C@@H](c1ccccc1)[C@H]1C=CCCN1. The summed E-state index contributed by atoms with van der Waals surface area (Å²) in [6, 6.07) is 9.79. The highest BCUT2D eigenvalue weighted by Crippen LogP contribution is 2.23. The van der Waals surface area contributed by atoms with Gasteiger partial charge in [-0.2, -0.15) is 0 Å². The van der Waals surface area contributed by atoms with Gasteiger partial charge in [0.1, 0.15) is 5.92 Å². The van der Waals surface area contributed by atoms with Crippen LogP contribution in [0.5, 0.6) is 0 Å². The van der Waals surface area contributed by atoms with Crippen LogP contribution in [-0.4, -0.2) is 25.7 Å². The summed E-state index contributed by atoms with van der Waals surface area (Å²) >= 11 is 0. The van der Waals surface area contributed by atoms with Gasteiger partial charge >= 0.3 is 5.97 Å². The van der Waals surface area contributed by atoms with E-state index in [0.717, 1.165) is 18.5 Å². The molecule has 0 unspecified atom stereocenters. The second-order valence-electron chi connectivity index (χ2n) is 4.11. The number of carbonyl (C=O) groups is 1. The summed E-state index contributed by atoms with van der Waals surface area (Å²) < 4.78 is 4.91. The Hall–Kier alpha value is -1.61. The fraction of sp³-hybridized carbons (Fsp3) is 0.357. The largest absolute Gasteiger partial charge is 0.468 e. The molecule has 3 heteroatoms. The summed E-state index contributed by atoms with van der Waals surface area (Å²) in [6.45, 7) is 0.904. The molecule has 0 saturated heterocycles. The maximum atomic E-state index is 11.9. The first-order valence-electron chi connectivity index (χ1n) is 5.86. The lowest BCUT2D eigenvalue weighted by molar-refractivity contribution is -0.142. The van der Waals surface area contributed by atoms with Crippen molar-refractivity contribution in [2.45, 2.75) is 18.4 Å². The minimum absolute atomic E-state index is 0.0265. The first kappa shape index (κ1) is 11.9. The van der Waals surface area contributed by atoms with Gasteiger partial charge in [-0.25, -0.2) is 0 Å². The topological polar surface area (TPSA) is 38.3 Å². The molecule has 1 aromatic carbocycles. The highest BCUT2D eigenvalue weighted by Gasteiger charge is 2.29. The number of methoxy groups -OCH3 is 1. The summed E-state index contributed by atoms with van der Waals surface area (Å²) in [4.78, 5) is 11.9. The fourth-order valence-electron chi connectivity index (χ4n) is 2.15. The molecule has 2 atom stereocenters. The predicted molar refractivity (Wildman–Crippen MR) is 66.7 cm³/mol. The van der Waals surface area contributed by atoms with Crippen molar-refractivity contribution in [2.24, 2.45) is 0 Å². The van der Waals surface area contributed by atoms with Crippen LogP contribution in [0.1, 0.15) is 17.9 Å². The van der Waals surface area contributed by atoms with E-state index >= 15 is 0 Å². The Morgan fingerprint density at radius 1 is 1.41 bits per heavy atom. The zero-order valence-electron chi connectivity index (χ0n) is 9.93. The van der Waals surface area contributed by atoms with E-state index in [1.54, 1.807) is 0 Å². The van der Waals surface area contributed by atoms with Crippen LogP contribution < -0.4 is 5.32 Å². The lowest BCUT2D eigenvalue weighted by atomic mass is 9.90. The van der Waals surface area contributed by atoms with Crippen molar-refractivity contribution < 1.29 is 9.53 Å². The number of esters is 1. The lowest BCUT2D eigenvalue weighted by Gasteiger charge is -2.26. The van der Waals surface area contributed by atoms with E-state index in [-0.39, 0.29) is 17.9 Å². The Kier molecular flexibility index (Phi) is 3.94. The van der Waals surface area contributed by atoms with Crippen LogP contribution in [0.4, 0.5) is 0 Å². The highest BCUT2D eigenvalue weighted by atomic mass is 16.5. The highest BCUT2D eigenvalue weighted by molar-refractivity contribution is 5.79. The van der Waals surface area contributed by atoms with Crippen molar-refractivity contribution in [3.05, 3.63) is 48.0 Å². The van der Waals surface area contributed by atoms with Crippen LogP contribution in [-0.2, 0) is 9.53 Å². The molecule has 1 aromatic rings. The molecule has 0 fully saturated rings. The van der Waals surface area contributed by atoms with E-state index in [9.17, 15) is 4.79 Å². The maximum Gasteiger partial charge on any atom is 0.315 e. The summed E-state index contributed by atoms with van der Waals surface area (Å²) in [6.07, 6.45) is 5.18. The maximum absolute atomic E-state index is 11.9. The number of hydrogen-bond acceptors (Lipinski definition) is 3. The first-order valence-corrected chi connectivity index (χ1v) is 5.86. The lowest BCUT2D eigenvalue weighted by Crippen LogP contribution is -2.39. The summed E-state index contributed by atoms with van der Waals surface area (Å²) in [5.74, 6) is -0.460. The fourth-order valence-corrected chi connectivity index (χ4v) is 2.15. The van der Waals surface area contributed by atoms with Gasteiger partial charge in [0, 0.05) is 6.04 Å². The van der Waals surface area contributed by atoms with Gasteiger partial charge < -0.3 is 10.1 Å². The average molecular weight is 231 g/mol. The predicted octanol–water partition coefficient (Wildman–Crippen LogP) is 1.86. The summed E-state index contributed by atoms with van der Waals surface area (Å²) in [7, 11) is 1.44. The number of carbonyl (C=O) groups excluding carboxylic acids is 1. The monoisotopic (exact) mass is 231 g/mol. The molecule has 3 nitrogen and oxygen atoms in total. The van der Waals surface area contributed by atoms with Crippen LogP contribution in [0.2, 0.25) is 0 Å². The van der Waals surface area contributed by atoms with Crippen molar-refractivity contribution in [3.63, 3.8) is 0 Å². The number of rotatable bonds is 3. The smallest absolute Gasteiger partial charge is 0.315 e. The van der Waals surface area contributed by atoms with Gasteiger partial charge in [-0.15, -0.1) is 0 Å². The normalized spacial score (nSPS) is 20.9. The molecule has 0 amide bonds. The van der Waals surface area contributed by atoms with E-state index in [1.165, 1.54) is 7.11 Å². The third-order valence-corrected chi connectivity index (χ3v) is 3.01. The molecule has 2 rings (SSSR count). The minimum atomic E-state index is -0.266. The molecule has 1 N–H and O–H groups in total. The zero-order chi connectivity index (χ0) is 12.1. The second-order valence-corrected chi connectivity index (χ2v) is 4.11. The van der Waals surface area contributed by atoms with E-state index in [4.69, 9.17) is 4.74 Å². The standard InChI is InChI=1S/C14H17NO2/c1-17-14(16)13(11-7-3-2-4-8-11)12-9-5-6-10-15-12/h2-5,7-9,12-13,15H,6,10H2,1H3/t12-,13+/m1/s1. The third-order valence-electron chi connectivity index (χ3n) is 3.01. The molecule has 1 aliphatic heterocycles. The van der Waals surface area contributed by atoms with Gasteiger partial charge in [-0.3, -0.25) is 4.79 Å². The molecular formula is C14H17NO2. The number of nitrogens with one attached hydrogen (secondary N) is 1. The van der Waals surface area contributed by atoms with Gasteiger partial charge in [0.15, 0.2) is 0 Å². The van der Waals surface area contributed by atoms with Gasteiger partial charge in [0.2, 0.25) is 0 Å². The molecule has 0 saturated carbocycles. The molecular weight excluding hydrogens is 214 g/mol. The Morgan fingerprint density at radius 2 is 2.18 bits per heavy atom. The first-order chi connectivity index (χ1) is 8.33. The Labute approximate surface area is 101 Å². The molecule has 0 aliphatic carbocycles. The van der Waals surface area contributed by atoms with Gasteiger partial charge in [0.25, 0.3) is 0 Å². The van der Waals surface area contributed by atoms with Crippen molar-refractivity contribution >= 4 is 5.97 Å². The number of hydrogen-bond donors (Lipinski definition) is 1. The van der Waals surface area contributed by atoms with E-state index < -0.39 is 0 Å². The quantitative estimate of drug-likeness (QED) is 0.637. The molecule has 90 valence electrons. The Bertz CT molecular complexity index is 400. The Morgan fingerprint density at radius 3 is 2.76 bits per heavy atom. The van der Waals surface area contributed by atoms with Crippen molar-refractivity contribution in [2.75, 3.05) is 13.7 Å². The number of benzene rings is 1. The van der Waals surface area contributed by atoms with Crippen molar-refractivity contribution in [1.29, 1.82) is 0 Å². The summed E-state index contributed by atoms with van der Waals surface area (Å²) in [5.41, 5.74) is 0.989. The molecule has 0 spiro atoms. The van der Waals surface area contributed by atoms with Crippen LogP contribution in [0, 0.1) is 0 Å². The molecule has 0 bridgehead atoms. The second kappa shape index (κ2) is 5.64. The van der Waals surface area contributed by atoms with Crippen LogP contribution >= 0.6 is 0 Å². The van der Waals surface area contributed by atoms with Gasteiger partial charge in [0.05, 0.1) is 7.11 Å². The van der Waals surface area contributed by atoms with E-state index in [2.05, 4.69) is 17.5 Å². The molecule has 1 aliphatic rings. The minimum Gasteiger partial charge on any atom is -0.468 e. The summed E-state index contributed by atoms with van der Waals surface area (Å²) in [5, 5.41) is 3.35. The molecule has 0 radical (unpaired) electrons. The zero-order valence-corrected chi connectivity index (χ0v) is 9.93. The Balaban J connectivity index is 2.28. The van der Waals surface area contributed by atoms with Gasteiger partial charge in [-0.05, 0) is 18.5 Å². The van der Waals surface area contributed by atoms with Gasteiger partial charge in [-0.1, -0.05) is 42.5 Å². The average Bonchev–Trinajstić information content (AvgIpc) is 2.41. The van der Waals surface area contributed by atoms with Crippen LogP contribution in [0.25, 0.3) is 0 Å². The molecule has 17 heavy (non-hydrogen) atoms. The molecule has 1 heterocycles. The van der Waals surface area contributed by atoms with E-state index in [1.807, 2.05) is 30.3 Å². The molecule has 0 aromatic heterocycles. The van der Waals surface area contributed by atoms with Crippen molar-refractivity contribution in [1.82, 2.24) is 5.32 Å². The van der Waals surface area contributed by atoms with Crippen LogP contribution in [0.3, 0.4) is 0 Å². The third kappa shape index (κ3) is 2.74. The van der Waals surface area contributed by atoms with Crippen LogP contribution in [0.15, 0.2) is 42.5 Å².